The third-order valence-corrected chi connectivity index (χ3v) is 6.60. The molecule has 3 aliphatic heterocycles. The number of phenols is 1. The molecule has 0 aromatic heterocycles. The lowest BCUT2D eigenvalue weighted by atomic mass is 9.59. The Morgan fingerprint density at radius 3 is 2.80 bits per heavy atom. The van der Waals surface area contributed by atoms with Crippen molar-refractivity contribution in [2.45, 2.75) is 56.5 Å². The number of nitrogens with zero attached hydrogens (tertiary/aromatic N) is 1. The van der Waals surface area contributed by atoms with Crippen LogP contribution in [-0.4, -0.2) is 22.6 Å². The minimum absolute atomic E-state index is 0.458. The molecule has 20 heavy (non-hydrogen) atoms. The fourth-order valence-electron chi connectivity index (χ4n) is 6.07. The van der Waals surface area contributed by atoms with Crippen LogP contribution in [0.1, 0.15) is 61.6 Å². The van der Waals surface area contributed by atoms with Gasteiger partial charge >= 0.3 is 0 Å². The zero-order chi connectivity index (χ0) is 13.3. The van der Waals surface area contributed by atoms with Gasteiger partial charge in [0.05, 0.1) is 0 Å². The van der Waals surface area contributed by atoms with Gasteiger partial charge in [-0.2, -0.15) is 0 Å². The Balaban J connectivity index is 1.71. The van der Waals surface area contributed by atoms with Gasteiger partial charge in [0.15, 0.2) is 0 Å². The Labute approximate surface area is 120 Å². The first kappa shape index (κ1) is 11.6. The average Bonchev–Trinajstić information content (AvgIpc) is 2.96. The van der Waals surface area contributed by atoms with Gasteiger partial charge in [0.2, 0.25) is 0 Å². The van der Waals surface area contributed by atoms with Gasteiger partial charge in [-0.15, -0.1) is 0 Å². The van der Waals surface area contributed by atoms with Crippen molar-refractivity contribution in [2.75, 3.05) is 6.54 Å². The molecule has 106 valence electrons. The summed E-state index contributed by atoms with van der Waals surface area (Å²) >= 11 is 0. The van der Waals surface area contributed by atoms with Crippen LogP contribution in [0.2, 0.25) is 0 Å². The maximum absolute atomic E-state index is 9.93. The number of piperidine rings is 2. The van der Waals surface area contributed by atoms with Crippen LogP contribution in [0.3, 0.4) is 0 Å². The Kier molecular flexibility index (Phi) is 2.33. The maximum Gasteiger partial charge on any atom is 0.115 e. The lowest BCUT2D eigenvalue weighted by Gasteiger charge is -2.59. The largest absolute Gasteiger partial charge is 0.508 e. The second-order valence-corrected chi connectivity index (χ2v) is 7.34. The molecule has 2 aliphatic carbocycles. The van der Waals surface area contributed by atoms with E-state index in [-0.39, 0.29) is 0 Å². The molecule has 1 unspecified atom stereocenters. The molecule has 0 spiro atoms. The predicted molar refractivity (Wildman–Crippen MR) is 78.8 cm³/mol. The van der Waals surface area contributed by atoms with E-state index in [1.54, 1.807) is 5.56 Å². The molecule has 1 aromatic carbocycles. The maximum atomic E-state index is 9.93. The zero-order valence-corrected chi connectivity index (χ0v) is 12.0. The van der Waals surface area contributed by atoms with E-state index < -0.39 is 0 Å². The lowest BCUT2D eigenvalue weighted by molar-refractivity contribution is -0.0441. The minimum Gasteiger partial charge on any atom is -0.508 e. The fourth-order valence-corrected chi connectivity index (χ4v) is 6.07. The van der Waals surface area contributed by atoms with E-state index in [1.807, 2.05) is 6.07 Å². The molecular formula is C18H23NO. The van der Waals surface area contributed by atoms with Crippen molar-refractivity contribution in [2.24, 2.45) is 11.8 Å². The van der Waals surface area contributed by atoms with Crippen LogP contribution >= 0.6 is 0 Å². The predicted octanol–water partition coefficient (Wildman–Crippen LogP) is 3.81. The molecule has 2 heteroatoms. The van der Waals surface area contributed by atoms with Crippen molar-refractivity contribution in [3.05, 3.63) is 29.3 Å². The first-order valence-corrected chi connectivity index (χ1v) is 8.43. The molecule has 2 nitrogen and oxygen atoms in total. The average molecular weight is 269 g/mol. The standard InChI is InChI=1S/C18H23NO/c20-11-7-8-13-15(10-11)18-14-5-3-4-12(14)17(13)16-6-1-2-9-19(16)18/h7-8,10,12,14,16-18,20H,1-6,9H2/t12-,14+,16?,17+,18-/m1/s1. The highest BCUT2D eigenvalue weighted by Crippen LogP contribution is 2.62. The third-order valence-electron chi connectivity index (χ3n) is 6.60. The molecule has 2 saturated heterocycles. The molecule has 1 N–H and O–H groups in total. The highest BCUT2D eigenvalue weighted by atomic mass is 16.3. The van der Waals surface area contributed by atoms with Gasteiger partial charge in [-0.1, -0.05) is 18.9 Å². The summed E-state index contributed by atoms with van der Waals surface area (Å²) in [5.41, 5.74) is 3.05. The Hall–Kier alpha value is -1.02. The van der Waals surface area contributed by atoms with E-state index in [0.29, 0.717) is 11.8 Å². The summed E-state index contributed by atoms with van der Waals surface area (Å²) in [5.74, 6) is 3.00. The summed E-state index contributed by atoms with van der Waals surface area (Å²) in [6.45, 7) is 1.28. The van der Waals surface area contributed by atoms with Crippen LogP contribution in [0.15, 0.2) is 18.2 Å². The van der Waals surface area contributed by atoms with Crippen molar-refractivity contribution < 1.29 is 5.11 Å². The van der Waals surface area contributed by atoms with Crippen molar-refractivity contribution in [3.63, 3.8) is 0 Å². The topological polar surface area (TPSA) is 23.5 Å². The molecule has 3 fully saturated rings. The first-order chi connectivity index (χ1) is 9.84. The molecule has 0 radical (unpaired) electrons. The SMILES string of the molecule is Oc1ccc2c(c1)[C@H]1[C@H]3CCC[C@H]3[C@@H]2C2CCCCN21. The first-order valence-electron chi connectivity index (χ1n) is 8.43. The number of phenolic OH excluding ortho intramolecular Hbond substituents is 1. The Morgan fingerprint density at radius 2 is 1.85 bits per heavy atom. The summed E-state index contributed by atoms with van der Waals surface area (Å²) in [4.78, 5) is 2.82. The van der Waals surface area contributed by atoms with Crippen LogP contribution in [-0.2, 0) is 0 Å². The van der Waals surface area contributed by atoms with E-state index >= 15 is 0 Å². The zero-order valence-electron chi connectivity index (χ0n) is 12.0. The number of benzene rings is 1. The van der Waals surface area contributed by atoms with Crippen LogP contribution in [0.5, 0.6) is 5.75 Å². The van der Waals surface area contributed by atoms with Gasteiger partial charge in [0.25, 0.3) is 0 Å². The highest BCUT2D eigenvalue weighted by molar-refractivity contribution is 5.46. The summed E-state index contributed by atoms with van der Waals surface area (Å²) in [6.07, 6.45) is 8.44. The third kappa shape index (κ3) is 1.34. The summed E-state index contributed by atoms with van der Waals surface area (Å²) in [6, 6.07) is 7.64. The smallest absolute Gasteiger partial charge is 0.115 e. The van der Waals surface area contributed by atoms with Gasteiger partial charge in [-0.25, -0.2) is 0 Å². The monoisotopic (exact) mass is 269 g/mol. The van der Waals surface area contributed by atoms with Gasteiger partial charge in [-0.05, 0) is 67.3 Å². The second kappa shape index (κ2) is 4.00. The van der Waals surface area contributed by atoms with E-state index in [0.717, 1.165) is 23.8 Å². The van der Waals surface area contributed by atoms with Crippen LogP contribution in [0, 0.1) is 11.8 Å². The Morgan fingerprint density at radius 1 is 0.950 bits per heavy atom. The number of hydrogen-bond acceptors (Lipinski definition) is 2. The van der Waals surface area contributed by atoms with E-state index in [2.05, 4.69) is 17.0 Å². The second-order valence-electron chi connectivity index (χ2n) is 7.34. The normalized spacial score (nSPS) is 42.1. The van der Waals surface area contributed by atoms with Crippen molar-refractivity contribution >= 4 is 0 Å². The van der Waals surface area contributed by atoms with E-state index in [4.69, 9.17) is 0 Å². The molecule has 5 aliphatic rings. The van der Waals surface area contributed by atoms with Crippen LogP contribution in [0.4, 0.5) is 0 Å². The van der Waals surface area contributed by atoms with E-state index in [1.165, 1.54) is 50.6 Å². The number of rotatable bonds is 0. The number of aromatic hydroxyl groups is 1. The van der Waals surface area contributed by atoms with Gasteiger partial charge in [0.1, 0.15) is 5.75 Å². The van der Waals surface area contributed by atoms with Crippen molar-refractivity contribution in [3.8, 4) is 5.75 Å². The molecule has 0 amide bonds. The molecule has 1 saturated carbocycles. The van der Waals surface area contributed by atoms with Crippen LogP contribution in [0.25, 0.3) is 0 Å². The highest BCUT2D eigenvalue weighted by Gasteiger charge is 2.56. The molecule has 3 heterocycles. The molecular weight excluding hydrogens is 246 g/mol. The lowest BCUT2D eigenvalue weighted by Crippen LogP contribution is -2.58. The minimum atomic E-state index is 0.458. The quantitative estimate of drug-likeness (QED) is 0.774. The summed E-state index contributed by atoms with van der Waals surface area (Å²) < 4.78 is 0. The van der Waals surface area contributed by atoms with Crippen LogP contribution < -0.4 is 0 Å². The van der Waals surface area contributed by atoms with Crippen molar-refractivity contribution in [1.82, 2.24) is 4.90 Å². The van der Waals surface area contributed by atoms with Crippen molar-refractivity contribution in [1.29, 1.82) is 0 Å². The molecule has 6 rings (SSSR count). The van der Waals surface area contributed by atoms with E-state index in [9.17, 15) is 5.11 Å². The van der Waals surface area contributed by atoms with Gasteiger partial charge in [0, 0.05) is 18.0 Å². The van der Waals surface area contributed by atoms with Gasteiger partial charge < -0.3 is 5.11 Å². The fraction of sp³-hybridized carbons (Fsp3) is 0.667. The Bertz CT molecular complexity index is 554. The number of hydrogen-bond donors (Lipinski definition) is 1. The molecule has 5 atom stereocenters. The molecule has 1 aromatic rings. The van der Waals surface area contributed by atoms with Gasteiger partial charge in [-0.3, -0.25) is 4.90 Å². The summed E-state index contributed by atoms with van der Waals surface area (Å²) in [7, 11) is 0. The molecule has 2 bridgehead atoms. The summed E-state index contributed by atoms with van der Waals surface area (Å²) in [5, 5.41) is 9.93.